The fourth-order valence-electron chi connectivity index (χ4n) is 3.04. The third kappa shape index (κ3) is 24.2. The average Bonchev–Trinajstić information content (AvgIpc) is 2.69. The Hall–Kier alpha value is -1.76. The first-order valence-electron chi connectivity index (χ1n) is 11.6. The zero-order valence-corrected chi connectivity index (χ0v) is 18.8. The van der Waals surface area contributed by atoms with E-state index in [4.69, 9.17) is 16.9 Å². The van der Waals surface area contributed by atoms with Crippen LogP contribution in [-0.2, 0) is 0 Å². The van der Waals surface area contributed by atoms with Gasteiger partial charge in [0, 0.05) is 13.1 Å². The van der Waals surface area contributed by atoms with Gasteiger partial charge in [0.25, 0.3) is 0 Å². The minimum Gasteiger partial charge on any atom is -0.370 e. The zero-order valence-electron chi connectivity index (χ0n) is 18.8. The first-order chi connectivity index (χ1) is 14.2. The van der Waals surface area contributed by atoms with Crippen molar-refractivity contribution in [2.24, 2.45) is 16.5 Å². The summed E-state index contributed by atoms with van der Waals surface area (Å²) >= 11 is 0. The van der Waals surface area contributed by atoms with Gasteiger partial charge in [0.1, 0.15) is 0 Å². The number of nitrogens with two attached hydrogens (primary N) is 2. The fourth-order valence-corrected chi connectivity index (χ4v) is 3.04. The summed E-state index contributed by atoms with van der Waals surface area (Å²) in [5.41, 5.74) is 11.0. The number of aliphatic imine (C=N–C) groups is 1. The fraction of sp³-hybridized carbons (Fsp3) is 0.818. The van der Waals surface area contributed by atoms with Crippen LogP contribution in [0.2, 0.25) is 0 Å². The van der Waals surface area contributed by atoms with E-state index in [1.54, 1.807) is 0 Å². The molecule has 0 aromatic rings. The van der Waals surface area contributed by atoms with Crippen molar-refractivity contribution in [2.75, 3.05) is 32.7 Å². The Balaban J connectivity index is 3.13. The van der Waals surface area contributed by atoms with Gasteiger partial charge in [0.05, 0.1) is 6.54 Å². The first kappa shape index (κ1) is 27.2. The SMILES string of the molecule is C/C=C/CN=C(N)NCCCCCCCCNCCCCCCCCNC(=N)N. The number of unbranched alkanes of at least 4 members (excludes halogenated alkanes) is 10. The van der Waals surface area contributed by atoms with Gasteiger partial charge in [-0.1, -0.05) is 63.5 Å². The van der Waals surface area contributed by atoms with Crippen LogP contribution in [0.4, 0.5) is 0 Å². The van der Waals surface area contributed by atoms with Crippen molar-refractivity contribution in [3.8, 4) is 0 Å². The lowest BCUT2D eigenvalue weighted by Crippen LogP contribution is -2.32. The van der Waals surface area contributed by atoms with Crippen LogP contribution >= 0.6 is 0 Å². The Bertz CT molecular complexity index is 421. The molecule has 0 fully saturated rings. The molecule has 0 aliphatic heterocycles. The summed E-state index contributed by atoms with van der Waals surface area (Å²) in [6.07, 6.45) is 19.1. The third-order valence-corrected chi connectivity index (χ3v) is 4.78. The summed E-state index contributed by atoms with van der Waals surface area (Å²) in [6.45, 7) is 6.69. The van der Waals surface area contributed by atoms with Gasteiger partial charge in [-0.3, -0.25) is 5.41 Å². The smallest absolute Gasteiger partial charge is 0.188 e. The highest BCUT2D eigenvalue weighted by Crippen LogP contribution is 2.06. The van der Waals surface area contributed by atoms with E-state index in [0.717, 1.165) is 39.0 Å². The Morgan fingerprint density at radius 2 is 1.17 bits per heavy atom. The third-order valence-electron chi connectivity index (χ3n) is 4.78. The minimum atomic E-state index is 0.0797. The molecule has 0 aliphatic rings. The van der Waals surface area contributed by atoms with Crippen LogP contribution in [0.1, 0.15) is 84.0 Å². The molecule has 7 nitrogen and oxygen atoms in total. The van der Waals surface area contributed by atoms with E-state index in [1.165, 1.54) is 64.2 Å². The standard InChI is InChI=1S/C22H47N7/c1-2-3-18-28-22(25)29-20-15-11-7-5-9-13-17-26-16-12-8-4-6-10-14-19-27-21(23)24/h2-3,26H,4-20H2,1H3,(H4,23,24,27)(H3,25,28,29)/b3-2+. The molecule has 0 saturated carbocycles. The van der Waals surface area contributed by atoms with Crippen LogP contribution in [-0.4, -0.2) is 44.6 Å². The van der Waals surface area contributed by atoms with Crippen LogP contribution < -0.4 is 27.4 Å². The number of rotatable bonds is 20. The van der Waals surface area contributed by atoms with E-state index < -0.39 is 0 Å². The molecule has 0 aromatic heterocycles. The molecule has 0 saturated heterocycles. The summed E-state index contributed by atoms with van der Waals surface area (Å²) in [5, 5.41) is 16.7. The molecule has 170 valence electrons. The Morgan fingerprint density at radius 1 is 0.724 bits per heavy atom. The first-order valence-corrected chi connectivity index (χ1v) is 11.6. The number of guanidine groups is 2. The van der Waals surface area contributed by atoms with Crippen LogP contribution in [0.15, 0.2) is 17.1 Å². The molecule has 0 aromatic carbocycles. The monoisotopic (exact) mass is 409 g/mol. The number of nitrogens with zero attached hydrogens (tertiary/aromatic N) is 1. The van der Waals surface area contributed by atoms with Crippen LogP contribution in [0.5, 0.6) is 0 Å². The van der Waals surface area contributed by atoms with Crippen molar-refractivity contribution >= 4 is 11.9 Å². The minimum absolute atomic E-state index is 0.0797. The van der Waals surface area contributed by atoms with Gasteiger partial charge in [0.2, 0.25) is 0 Å². The van der Waals surface area contributed by atoms with Gasteiger partial charge < -0.3 is 27.4 Å². The molecule has 0 aliphatic carbocycles. The Labute approximate surface area is 179 Å². The zero-order chi connectivity index (χ0) is 21.4. The predicted molar refractivity (Wildman–Crippen MR) is 127 cm³/mol. The van der Waals surface area contributed by atoms with Crippen molar-refractivity contribution in [3.63, 3.8) is 0 Å². The van der Waals surface area contributed by atoms with Crippen molar-refractivity contribution in [1.82, 2.24) is 16.0 Å². The van der Waals surface area contributed by atoms with Crippen molar-refractivity contribution in [3.05, 3.63) is 12.2 Å². The summed E-state index contributed by atoms with van der Waals surface area (Å²) in [6, 6.07) is 0. The second kappa shape index (κ2) is 22.5. The molecule has 0 unspecified atom stereocenters. The molecular formula is C22H47N7. The van der Waals surface area contributed by atoms with Crippen molar-refractivity contribution in [1.29, 1.82) is 5.41 Å². The van der Waals surface area contributed by atoms with Crippen LogP contribution in [0.3, 0.4) is 0 Å². The Kier molecular flexibility index (Phi) is 21.2. The van der Waals surface area contributed by atoms with E-state index in [-0.39, 0.29) is 5.96 Å². The molecule has 0 heterocycles. The topological polar surface area (TPSA) is 124 Å². The average molecular weight is 410 g/mol. The highest BCUT2D eigenvalue weighted by atomic mass is 15.1. The van der Waals surface area contributed by atoms with Gasteiger partial charge in [-0.05, 0) is 45.7 Å². The second-order valence-electron chi connectivity index (χ2n) is 7.55. The van der Waals surface area contributed by atoms with E-state index in [0.29, 0.717) is 12.5 Å². The van der Waals surface area contributed by atoms with Crippen LogP contribution in [0.25, 0.3) is 0 Å². The lowest BCUT2D eigenvalue weighted by Gasteiger charge is -2.06. The van der Waals surface area contributed by atoms with Gasteiger partial charge in [-0.25, -0.2) is 4.99 Å². The highest BCUT2D eigenvalue weighted by molar-refractivity contribution is 5.77. The molecule has 7 heteroatoms. The van der Waals surface area contributed by atoms with E-state index in [9.17, 15) is 0 Å². The molecule has 29 heavy (non-hydrogen) atoms. The molecular weight excluding hydrogens is 362 g/mol. The molecule has 0 bridgehead atoms. The lowest BCUT2D eigenvalue weighted by atomic mass is 10.1. The quantitative estimate of drug-likeness (QED) is 0.0797. The lowest BCUT2D eigenvalue weighted by molar-refractivity contribution is 0.537. The van der Waals surface area contributed by atoms with Gasteiger partial charge in [-0.15, -0.1) is 0 Å². The van der Waals surface area contributed by atoms with E-state index in [1.807, 2.05) is 19.1 Å². The van der Waals surface area contributed by atoms with E-state index >= 15 is 0 Å². The maximum Gasteiger partial charge on any atom is 0.188 e. The highest BCUT2D eigenvalue weighted by Gasteiger charge is 1.95. The molecule has 0 rings (SSSR count). The van der Waals surface area contributed by atoms with Crippen molar-refractivity contribution < 1.29 is 0 Å². The number of hydrogen-bond donors (Lipinski definition) is 6. The molecule has 0 radical (unpaired) electrons. The Morgan fingerprint density at radius 3 is 1.66 bits per heavy atom. The predicted octanol–water partition coefficient (Wildman–Crippen LogP) is 3.22. The molecule has 8 N–H and O–H groups in total. The van der Waals surface area contributed by atoms with Gasteiger partial charge in [0.15, 0.2) is 11.9 Å². The molecule has 0 atom stereocenters. The van der Waals surface area contributed by atoms with Crippen LogP contribution in [0, 0.1) is 5.41 Å². The molecule has 0 amide bonds. The second-order valence-corrected chi connectivity index (χ2v) is 7.55. The van der Waals surface area contributed by atoms with Gasteiger partial charge in [-0.2, -0.15) is 0 Å². The number of hydrogen-bond acceptors (Lipinski definition) is 3. The summed E-state index contributed by atoms with van der Waals surface area (Å²) < 4.78 is 0. The van der Waals surface area contributed by atoms with Gasteiger partial charge >= 0.3 is 0 Å². The summed E-state index contributed by atoms with van der Waals surface area (Å²) in [5.74, 6) is 0.632. The number of nitrogens with one attached hydrogen (secondary N) is 4. The maximum atomic E-state index is 7.08. The number of allylic oxidation sites excluding steroid dienone is 1. The summed E-state index contributed by atoms with van der Waals surface area (Å²) in [4.78, 5) is 4.21. The largest absolute Gasteiger partial charge is 0.370 e. The van der Waals surface area contributed by atoms with E-state index in [2.05, 4.69) is 20.9 Å². The summed E-state index contributed by atoms with van der Waals surface area (Å²) in [7, 11) is 0. The molecule has 0 spiro atoms. The maximum absolute atomic E-state index is 7.08. The van der Waals surface area contributed by atoms with Crippen molar-refractivity contribution in [2.45, 2.75) is 84.0 Å². The normalized spacial score (nSPS) is 11.8.